The second-order valence-corrected chi connectivity index (χ2v) is 5.98. The summed E-state index contributed by atoms with van der Waals surface area (Å²) in [6.07, 6.45) is 0. The zero-order valence-electron chi connectivity index (χ0n) is 14.9. The lowest BCUT2D eigenvalue weighted by Crippen LogP contribution is -2.15. The lowest BCUT2D eigenvalue weighted by atomic mass is 10.2. The molecule has 0 aromatic heterocycles. The number of hydrogen-bond acceptors (Lipinski definition) is 3. The summed E-state index contributed by atoms with van der Waals surface area (Å²) in [5.74, 6) is 0.230. The van der Waals surface area contributed by atoms with Crippen LogP contribution in [0.3, 0.4) is 0 Å². The molecule has 2 N–H and O–H groups in total. The Morgan fingerprint density at radius 2 is 1.37 bits per heavy atom. The van der Waals surface area contributed by atoms with E-state index in [1.54, 1.807) is 48.5 Å². The van der Waals surface area contributed by atoms with Crippen molar-refractivity contribution in [3.05, 3.63) is 90.0 Å². The summed E-state index contributed by atoms with van der Waals surface area (Å²) in [5.41, 5.74) is 2.68. The molecule has 0 aliphatic heterocycles. The first-order valence-corrected chi connectivity index (χ1v) is 8.56. The summed E-state index contributed by atoms with van der Waals surface area (Å²) in [4.78, 5) is 23.8. The Kier molecular flexibility index (Phi) is 5.84. The van der Waals surface area contributed by atoms with Gasteiger partial charge in [0.1, 0.15) is 12.4 Å². The molecule has 2 amide bonds. The van der Waals surface area contributed by atoms with Crippen LogP contribution in [0.1, 0.15) is 22.8 Å². The Bertz CT molecular complexity index is 922. The highest BCUT2D eigenvalue weighted by Gasteiger charge is 2.10. The fraction of sp³-hybridized carbons (Fsp3) is 0.0909. The van der Waals surface area contributed by atoms with Crippen molar-refractivity contribution in [3.63, 3.8) is 0 Å². The van der Waals surface area contributed by atoms with Crippen molar-refractivity contribution in [1.82, 2.24) is 0 Å². The van der Waals surface area contributed by atoms with Gasteiger partial charge in [-0.05, 0) is 42.0 Å². The predicted octanol–water partition coefficient (Wildman–Crippen LogP) is 4.48. The standard InChI is InChI=1S/C22H20N2O3/c1-16(25)23-20-9-5-6-10-21(20)24-22(26)18-11-13-19(14-12-18)27-15-17-7-3-2-4-8-17/h2-14H,15H2,1H3,(H,23,25)(H,24,26). The molecule has 0 saturated carbocycles. The predicted molar refractivity (Wildman–Crippen MR) is 106 cm³/mol. The second-order valence-electron chi connectivity index (χ2n) is 5.98. The van der Waals surface area contributed by atoms with Crippen molar-refractivity contribution >= 4 is 23.2 Å². The highest BCUT2D eigenvalue weighted by atomic mass is 16.5. The zero-order valence-corrected chi connectivity index (χ0v) is 14.9. The normalized spacial score (nSPS) is 10.1. The van der Waals surface area contributed by atoms with Gasteiger partial charge in [-0.1, -0.05) is 42.5 Å². The maximum absolute atomic E-state index is 12.5. The molecule has 5 nitrogen and oxygen atoms in total. The minimum absolute atomic E-state index is 0.198. The van der Waals surface area contributed by atoms with Crippen molar-refractivity contribution < 1.29 is 14.3 Å². The maximum atomic E-state index is 12.5. The van der Waals surface area contributed by atoms with Crippen molar-refractivity contribution in [2.75, 3.05) is 10.6 Å². The van der Waals surface area contributed by atoms with Crippen molar-refractivity contribution in [1.29, 1.82) is 0 Å². The summed E-state index contributed by atoms with van der Waals surface area (Å²) in [6, 6.07) is 23.9. The monoisotopic (exact) mass is 360 g/mol. The molecule has 0 bridgehead atoms. The molecular weight excluding hydrogens is 340 g/mol. The smallest absolute Gasteiger partial charge is 0.255 e. The summed E-state index contributed by atoms with van der Waals surface area (Å²) in [5, 5.41) is 5.51. The van der Waals surface area contributed by atoms with Crippen LogP contribution < -0.4 is 15.4 Å². The van der Waals surface area contributed by atoms with Crippen LogP contribution in [0.2, 0.25) is 0 Å². The lowest BCUT2D eigenvalue weighted by Gasteiger charge is -2.12. The fourth-order valence-corrected chi connectivity index (χ4v) is 2.53. The van der Waals surface area contributed by atoms with E-state index in [9.17, 15) is 9.59 Å². The highest BCUT2D eigenvalue weighted by molar-refractivity contribution is 6.07. The van der Waals surface area contributed by atoms with Crippen molar-refractivity contribution in [3.8, 4) is 5.75 Å². The maximum Gasteiger partial charge on any atom is 0.255 e. The van der Waals surface area contributed by atoms with Gasteiger partial charge in [0, 0.05) is 12.5 Å². The van der Waals surface area contributed by atoms with Crippen LogP contribution in [0, 0.1) is 0 Å². The molecule has 3 aromatic rings. The molecular formula is C22H20N2O3. The van der Waals surface area contributed by atoms with Crippen molar-refractivity contribution in [2.24, 2.45) is 0 Å². The van der Waals surface area contributed by atoms with Crippen molar-refractivity contribution in [2.45, 2.75) is 13.5 Å². The third-order valence-electron chi connectivity index (χ3n) is 3.85. The van der Waals surface area contributed by atoms with Gasteiger partial charge in [-0.15, -0.1) is 0 Å². The number of para-hydroxylation sites is 2. The molecule has 0 spiro atoms. The molecule has 0 radical (unpaired) electrons. The quantitative estimate of drug-likeness (QED) is 0.681. The third kappa shape index (κ3) is 5.19. The van der Waals surface area contributed by atoms with Gasteiger partial charge in [-0.3, -0.25) is 9.59 Å². The highest BCUT2D eigenvalue weighted by Crippen LogP contribution is 2.22. The van der Waals surface area contributed by atoms with Crippen LogP contribution in [0.15, 0.2) is 78.9 Å². The molecule has 0 aliphatic rings. The van der Waals surface area contributed by atoms with Crippen LogP contribution >= 0.6 is 0 Å². The third-order valence-corrected chi connectivity index (χ3v) is 3.85. The lowest BCUT2D eigenvalue weighted by molar-refractivity contribution is -0.114. The number of benzene rings is 3. The van der Waals surface area contributed by atoms with Gasteiger partial charge in [-0.25, -0.2) is 0 Å². The van der Waals surface area contributed by atoms with Crippen LogP contribution in [-0.4, -0.2) is 11.8 Å². The van der Waals surface area contributed by atoms with Crippen LogP contribution in [0.4, 0.5) is 11.4 Å². The Morgan fingerprint density at radius 3 is 2.00 bits per heavy atom. The second kappa shape index (κ2) is 8.67. The Balaban J connectivity index is 1.63. The van der Waals surface area contributed by atoms with E-state index in [-0.39, 0.29) is 11.8 Å². The molecule has 3 aromatic carbocycles. The molecule has 3 rings (SSSR count). The molecule has 27 heavy (non-hydrogen) atoms. The number of rotatable bonds is 6. The Labute approximate surface area is 158 Å². The number of carbonyl (C=O) groups excluding carboxylic acids is 2. The number of amides is 2. The average molecular weight is 360 g/mol. The molecule has 0 fully saturated rings. The van der Waals surface area contributed by atoms with E-state index in [1.807, 2.05) is 30.3 Å². The van der Waals surface area contributed by atoms with E-state index in [0.29, 0.717) is 29.3 Å². The van der Waals surface area contributed by atoms with Gasteiger partial charge in [0.15, 0.2) is 0 Å². The summed E-state index contributed by atoms with van der Waals surface area (Å²) < 4.78 is 5.73. The van der Waals surface area contributed by atoms with E-state index in [2.05, 4.69) is 10.6 Å². The number of hydrogen-bond donors (Lipinski definition) is 2. The van der Waals surface area contributed by atoms with E-state index in [1.165, 1.54) is 6.92 Å². The Hall–Kier alpha value is -3.60. The van der Waals surface area contributed by atoms with E-state index < -0.39 is 0 Å². The first-order chi connectivity index (χ1) is 13.1. The molecule has 0 atom stereocenters. The summed E-state index contributed by atoms with van der Waals surface area (Å²) in [7, 11) is 0. The minimum Gasteiger partial charge on any atom is -0.489 e. The average Bonchev–Trinajstić information content (AvgIpc) is 2.69. The fourth-order valence-electron chi connectivity index (χ4n) is 2.53. The van der Waals surface area contributed by atoms with Crippen LogP contribution in [0.5, 0.6) is 5.75 Å². The van der Waals surface area contributed by atoms with E-state index >= 15 is 0 Å². The molecule has 0 aliphatic carbocycles. The van der Waals surface area contributed by atoms with Gasteiger partial charge in [0.2, 0.25) is 5.91 Å². The van der Waals surface area contributed by atoms with Crippen LogP contribution in [-0.2, 0) is 11.4 Å². The van der Waals surface area contributed by atoms with Gasteiger partial charge < -0.3 is 15.4 Å². The van der Waals surface area contributed by atoms with E-state index in [0.717, 1.165) is 5.56 Å². The zero-order chi connectivity index (χ0) is 19.1. The first kappa shape index (κ1) is 18.2. The molecule has 5 heteroatoms. The van der Waals surface area contributed by atoms with E-state index in [4.69, 9.17) is 4.74 Å². The minimum atomic E-state index is -0.262. The molecule has 0 unspecified atom stereocenters. The number of carbonyl (C=O) groups is 2. The Morgan fingerprint density at radius 1 is 0.778 bits per heavy atom. The summed E-state index contributed by atoms with van der Waals surface area (Å²) in [6.45, 7) is 1.89. The number of nitrogens with one attached hydrogen (secondary N) is 2. The van der Waals surface area contributed by atoms with Gasteiger partial charge in [-0.2, -0.15) is 0 Å². The van der Waals surface area contributed by atoms with Gasteiger partial charge in [0.05, 0.1) is 11.4 Å². The SMILES string of the molecule is CC(=O)Nc1ccccc1NC(=O)c1ccc(OCc2ccccc2)cc1. The molecule has 136 valence electrons. The largest absolute Gasteiger partial charge is 0.489 e. The summed E-state index contributed by atoms with van der Waals surface area (Å²) >= 11 is 0. The number of ether oxygens (including phenoxy) is 1. The van der Waals surface area contributed by atoms with Gasteiger partial charge >= 0.3 is 0 Å². The number of anilines is 2. The molecule has 0 heterocycles. The first-order valence-electron chi connectivity index (χ1n) is 8.56. The van der Waals surface area contributed by atoms with Gasteiger partial charge in [0.25, 0.3) is 5.91 Å². The van der Waals surface area contributed by atoms with Crippen LogP contribution in [0.25, 0.3) is 0 Å². The molecule has 0 saturated heterocycles. The topological polar surface area (TPSA) is 67.4 Å².